The predicted octanol–water partition coefficient (Wildman–Crippen LogP) is 4.29. The van der Waals surface area contributed by atoms with Crippen molar-refractivity contribution in [2.75, 3.05) is 38.1 Å². The Balaban J connectivity index is 1.58. The summed E-state index contributed by atoms with van der Waals surface area (Å²) in [6, 6.07) is 21.3. The van der Waals surface area contributed by atoms with E-state index >= 15 is 0 Å². The molecule has 1 saturated heterocycles. The summed E-state index contributed by atoms with van der Waals surface area (Å²) in [5, 5.41) is 3.58. The smallest absolute Gasteiger partial charge is 0.257 e. The van der Waals surface area contributed by atoms with Gasteiger partial charge in [-0.2, -0.15) is 0 Å². The van der Waals surface area contributed by atoms with Crippen LogP contribution < -0.4 is 24.4 Å². The van der Waals surface area contributed by atoms with Crippen LogP contribution in [0.5, 0.6) is 17.2 Å². The highest BCUT2D eigenvalue weighted by atomic mass is 32.1. The fraction of sp³-hybridized carbons (Fsp3) is 0.250. The highest BCUT2D eigenvalue weighted by Gasteiger charge is 2.43. The number of para-hydroxylation sites is 1. The molecule has 4 rings (SSSR count). The number of hydrogen-bond donors (Lipinski definition) is 1. The molecule has 1 aliphatic heterocycles. The van der Waals surface area contributed by atoms with E-state index in [-0.39, 0.29) is 18.2 Å². The monoisotopic (exact) mass is 519 g/mol. The molecule has 0 bridgehead atoms. The van der Waals surface area contributed by atoms with Gasteiger partial charge < -0.3 is 24.4 Å². The first-order chi connectivity index (χ1) is 17.9. The van der Waals surface area contributed by atoms with E-state index in [0.717, 1.165) is 11.3 Å². The molecule has 0 aliphatic carbocycles. The fourth-order valence-corrected chi connectivity index (χ4v) is 4.60. The van der Waals surface area contributed by atoms with E-state index in [1.54, 1.807) is 50.5 Å². The van der Waals surface area contributed by atoms with E-state index < -0.39 is 6.04 Å². The molecular formula is C28H29N3O5S. The molecule has 1 aliphatic rings. The van der Waals surface area contributed by atoms with E-state index in [4.69, 9.17) is 26.4 Å². The lowest BCUT2D eigenvalue weighted by molar-refractivity contribution is -0.122. The summed E-state index contributed by atoms with van der Waals surface area (Å²) in [4.78, 5) is 29.6. The quantitative estimate of drug-likeness (QED) is 0.331. The third-order valence-corrected chi connectivity index (χ3v) is 6.54. The molecule has 8 nitrogen and oxygen atoms in total. The first-order valence-electron chi connectivity index (χ1n) is 11.8. The average Bonchev–Trinajstić information content (AvgIpc) is 3.22. The molecule has 1 N–H and O–H groups in total. The van der Waals surface area contributed by atoms with Crippen LogP contribution in [0.15, 0.2) is 72.8 Å². The van der Waals surface area contributed by atoms with Gasteiger partial charge in [0.15, 0.2) is 16.6 Å². The van der Waals surface area contributed by atoms with Crippen molar-refractivity contribution < 1.29 is 23.8 Å². The second kappa shape index (κ2) is 11.7. The maximum atomic E-state index is 13.6. The zero-order valence-electron chi connectivity index (χ0n) is 21.0. The Bertz CT molecular complexity index is 1270. The second-order valence-corrected chi connectivity index (χ2v) is 8.80. The Morgan fingerprint density at radius 3 is 2.30 bits per heavy atom. The van der Waals surface area contributed by atoms with Gasteiger partial charge in [-0.15, -0.1) is 0 Å². The molecule has 1 heterocycles. The van der Waals surface area contributed by atoms with Gasteiger partial charge in [0.1, 0.15) is 11.8 Å². The van der Waals surface area contributed by atoms with Crippen LogP contribution in [-0.4, -0.2) is 55.7 Å². The van der Waals surface area contributed by atoms with Crippen LogP contribution in [0.4, 0.5) is 11.4 Å². The number of nitrogens with zero attached hydrogens (tertiary/aromatic N) is 2. The Kier molecular flexibility index (Phi) is 8.25. The van der Waals surface area contributed by atoms with Crippen molar-refractivity contribution in [2.24, 2.45) is 0 Å². The number of anilines is 2. The van der Waals surface area contributed by atoms with E-state index in [9.17, 15) is 9.59 Å². The second-order valence-electron chi connectivity index (χ2n) is 8.41. The number of imide groups is 1. The number of hydrogen-bond acceptors (Lipinski definition) is 6. The number of thiocarbonyl (C=S) groups is 1. The van der Waals surface area contributed by atoms with Gasteiger partial charge in [0.2, 0.25) is 5.91 Å². The van der Waals surface area contributed by atoms with Crippen LogP contribution in [0.25, 0.3) is 0 Å². The minimum atomic E-state index is -0.738. The van der Waals surface area contributed by atoms with Crippen molar-refractivity contribution in [3.63, 3.8) is 0 Å². The van der Waals surface area contributed by atoms with Crippen LogP contribution in [0, 0.1) is 0 Å². The first-order valence-corrected chi connectivity index (χ1v) is 12.2. The van der Waals surface area contributed by atoms with Crippen LogP contribution in [-0.2, 0) is 16.0 Å². The van der Waals surface area contributed by atoms with Crippen LogP contribution >= 0.6 is 12.2 Å². The Hall–Kier alpha value is -4.11. The largest absolute Gasteiger partial charge is 0.497 e. The van der Waals surface area contributed by atoms with Gasteiger partial charge >= 0.3 is 0 Å². The van der Waals surface area contributed by atoms with Crippen molar-refractivity contribution in [1.82, 2.24) is 4.90 Å². The molecule has 192 valence electrons. The summed E-state index contributed by atoms with van der Waals surface area (Å²) in [6.45, 7) is 0.411. The Labute approximate surface area is 221 Å². The molecule has 1 atom stereocenters. The molecule has 3 aromatic carbocycles. The number of ether oxygens (including phenoxy) is 3. The minimum Gasteiger partial charge on any atom is -0.497 e. The number of carbonyl (C=O) groups is 2. The number of nitrogens with one attached hydrogen (secondary N) is 1. The lowest BCUT2D eigenvalue weighted by Crippen LogP contribution is -2.48. The van der Waals surface area contributed by atoms with Crippen molar-refractivity contribution in [3.8, 4) is 17.2 Å². The van der Waals surface area contributed by atoms with Gasteiger partial charge in [-0.1, -0.05) is 24.3 Å². The number of benzene rings is 3. The molecular weight excluding hydrogens is 490 g/mol. The lowest BCUT2D eigenvalue weighted by Gasteiger charge is -2.30. The van der Waals surface area contributed by atoms with Crippen molar-refractivity contribution >= 4 is 40.5 Å². The molecule has 3 aromatic rings. The van der Waals surface area contributed by atoms with Crippen molar-refractivity contribution in [3.05, 3.63) is 78.4 Å². The topological polar surface area (TPSA) is 80.3 Å². The summed E-state index contributed by atoms with van der Waals surface area (Å²) in [5.41, 5.74) is 2.28. The molecule has 37 heavy (non-hydrogen) atoms. The average molecular weight is 520 g/mol. The molecule has 0 aromatic heterocycles. The van der Waals surface area contributed by atoms with Gasteiger partial charge in [0, 0.05) is 12.2 Å². The highest BCUT2D eigenvalue weighted by molar-refractivity contribution is 7.80. The third-order valence-electron chi connectivity index (χ3n) is 6.20. The Morgan fingerprint density at radius 1 is 0.946 bits per heavy atom. The zero-order chi connectivity index (χ0) is 26.4. The third kappa shape index (κ3) is 5.83. The number of rotatable bonds is 9. The van der Waals surface area contributed by atoms with E-state index in [1.807, 2.05) is 48.5 Å². The summed E-state index contributed by atoms with van der Waals surface area (Å²) in [6.07, 6.45) is 0.588. The molecule has 0 radical (unpaired) electrons. The van der Waals surface area contributed by atoms with Crippen LogP contribution in [0.3, 0.4) is 0 Å². The Morgan fingerprint density at radius 2 is 1.65 bits per heavy atom. The SMILES string of the molecule is COc1ccc(N2C(=O)C[C@H](N(CCc3ccc(OC)c(OC)c3)C(=S)Nc3ccccc3)C2=O)cc1. The van der Waals surface area contributed by atoms with E-state index in [0.29, 0.717) is 41.0 Å². The summed E-state index contributed by atoms with van der Waals surface area (Å²) in [7, 11) is 4.74. The van der Waals surface area contributed by atoms with Crippen LogP contribution in [0.2, 0.25) is 0 Å². The van der Waals surface area contributed by atoms with Gasteiger partial charge in [-0.25, -0.2) is 4.90 Å². The van der Waals surface area contributed by atoms with E-state index in [1.165, 1.54) is 4.90 Å². The first kappa shape index (κ1) is 26.0. The fourth-order valence-electron chi connectivity index (χ4n) is 4.26. The van der Waals surface area contributed by atoms with Crippen molar-refractivity contribution in [1.29, 1.82) is 0 Å². The predicted molar refractivity (Wildman–Crippen MR) is 147 cm³/mol. The zero-order valence-corrected chi connectivity index (χ0v) is 21.8. The minimum absolute atomic E-state index is 0.0212. The van der Waals surface area contributed by atoms with E-state index in [2.05, 4.69) is 5.32 Å². The summed E-state index contributed by atoms with van der Waals surface area (Å²) in [5.74, 6) is 1.30. The number of amides is 2. The van der Waals surface area contributed by atoms with Gasteiger partial charge in [0.25, 0.3) is 5.91 Å². The molecule has 0 unspecified atom stereocenters. The standard InChI is InChI=1S/C28H29N3O5S/c1-34-22-12-10-21(11-13-22)31-26(32)18-23(27(31)33)30(28(37)29-20-7-5-4-6-8-20)16-15-19-9-14-24(35-2)25(17-19)36-3/h4-14,17,23H,15-16,18H2,1-3H3,(H,29,37)/t23-/m0/s1. The molecule has 1 fully saturated rings. The number of methoxy groups -OCH3 is 3. The van der Waals surface area contributed by atoms with Gasteiger partial charge in [-0.3, -0.25) is 9.59 Å². The molecule has 2 amide bonds. The van der Waals surface area contributed by atoms with Gasteiger partial charge in [-0.05, 0) is 72.7 Å². The summed E-state index contributed by atoms with van der Waals surface area (Å²) >= 11 is 5.75. The summed E-state index contributed by atoms with van der Waals surface area (Å²) < 4.78 is 16.0. The molecule has 0 saturated carbocycles. The normalized spacial score (nSPS) is 14.9. The highest BCUT2D eigenvalue weighted by Crippen LogP contribution is 2.30. The molecule has 0 spiro atoms. The van der Waals surface area contributed by atoms with Crippen LogP contribution in [0.1, 0.15) is 12.0 Å². The maximum Gasteiger partial charge on any atom is 0.257 e. The lowest BCUT2D eigenvalue weighted by atomic mass is 10.1. The van der Waals surface area contributed by atoms with Gasteiger partial charge in [0.05, 0.1) is 33.4 Å². The number of carbonyl (C=O) groups excluding carboxylic acids is 2. The molecule has 9 heteroatoms. The van der Waals surface area contributed by atoms with Crippen molar-refractivity contribution in [2.45, 2.75) is 18.9 Å². The maximum absolute atomic E-state index is 13.6.